The Balaban J connectivity index is 2.18. The van der Waals surface area contributed by atoms with Gasteiger partial charge in [-0.3, -0.25) is 0 Å². The summed E-state index contributed by atoms with van der Waals surface area (Å²) in [6, 6.07) is 20.4. The summed E-state index contributed by atoms with van der Waals surface area (Å²) in [5.41, 5.74) is 1.15. The minimum Gasteiger partial charge on any atom is -0.501 e. The highest BCUT2D eigenvalue weighted by Crippen LogP contribution is 2.20. The van der Waals surface area contributed by atoms with Gasteiger partial charge in [0.1, 0.15) is 5.75 Å². The maximum Gasteiger partial charge on any atom is 0.570 e. The van der Waals surface area contributed by atoms with Crippen LogP contribution in [0, 0.1) is 0 Å². The van der Waals surface area contributed by atoms with Crippen LogP contribution in [-0.4, -0.2) is 23.0 Å². The standard InChI is InChI=1S/C15H18O3Si/c1-16-19(17-2,13-14-9-5-3-6-10-14)18-15-11-7-4-8-12-15/h3-12H,13H2,1-2H3. The third-order valence-electron chi connectivity index (χ3n) is 2.90. The molecular formula is C15H18O3Si. The Kier molecular flexibility index (Phi) is 4.73. The summed E-state index contributed by atoms with van der Waals surface area (Å²) >= 11 is 0. The van der Waals surface area contributed by atoms with Crippen LogP contribution >= 0.6 is 0 Å². The normalized spacial score (nSPS) is 11.3. The molecule has 0 atom stereocenters. The summed E-state index contributed by atoms with van der Waals surface area (Å²) in [7, 11) is 0.556. The zero-order chi connectivity index (χ0) is 13.6. The SMILES string of the molecule is CO[Si](Cc1ccccc1)(OC)Oc1ccccc1. The summed E-state index contributed by atoms with van der Waals surface area (Å²) in [4.78, 5) is 0. The van der Waals surface area contributed by atoms with Gasteiger partial charge in [-0.1, -0.05) is 48.5 Å². The van der Waals surface area contributed by atoms with E-state index in [2.05, 4.69) is 0 Å². The van der Waals surface area contributed by atoms with E-state index < -0.39 is 8.80 Å². The molecule has 0 heterocycles. The number of para-hydroxylation sites is 1. The highest BCUT2D eigenvalue weighted by Gasteiger charge is 2.41. The molecule has 0 fully saturated rings. The molecule has 0 aliphatic heterocycles. The van der Waals surface area contributed by atoms with Gasteiger partial charge in [0.25, 0.3) is 0 Å². The molecule has 2 rings (SSSR count). The zero-order valence-corrected chi connectivity index (χ0v) is 12.2. The summed E-state index contributed by atoms with van der Waals surface area (Å²) in [5.74, 6) is 0.772. The predicted octanol–water partition coefficient (Wildman–Crippen LogP) is 3.08. The van der Waals surface area contributed by atoms with E-state index in [0.717, 1.165) is 11.3 Å². The first-order chi connectivity index (χ1) is 9.28. The Morgan fingerprint density at radius 1 is 0.789 bits per heavy atom. The second kappa shape index (κ2) is 6.52. The lowest BCUT2D eigenvalue weighted by atomic mass is 10.2. The minimum atomic E-state index is -2.73. The summed E-state index contributed by atoms with van der Waals surface area (Å²) in [6.07, 6.45) is 0. The monoisotopic (exact) mass is 274 g/mol. The van der Waals surface area contributed by atoms with Gasteiger partial charge in [-0.2, -0.15) is 0 Å². The van der Waals surface area contributed by atoms with Crippen LogP contribution in [0.15, 0.2) is 60.7 Å². The highest BCUT2D eigenvalue weighted by atomic mass is 28.4. The fourth-order valence-corrected chi connectivity index (χ4v) is 3.79. The molecule has 0 unspecified atom stereocenters. The molecule has 0 saturated carbocycles. The van der Waals surface area contributed by atoms with Gasteiger partial charge in [-0.15, -0.1) is 0 Å². The topological polar surface area (TPSA) is 27.7 Å². The molecule has 0 amide bonds. The molecule has 0 bridgehead atoms. The van der Waals surface area contributed by atoms with Gasteiger partial charge in [-0.25, -0.2) is 0 Å². The molecule has 0 saturated heterocycles. The maximum absolute atomic E-state index is 6.00. The van der Waals surface area contributed by atoms with E-state index in [1.807, 2.05) is 60.7 Å². The Hall–Kier alpha value is -1.62. The van der Waals surface area contributed by atoms with Crippen molar-refractivity contribution in [2.45, 2.75) is 6.04 Å². The lowest BCUT2D eigenvalue weighted by Crippen LogP contribution is -2.49. The van der Waals surface area contributed by atoms with E-state index in [4.69, 9.17) is 13.3 Å². The fraction of sp³-hybridized carbons (Fsp3) is 0.200. The van der Waals surface area contributed by atoms with E-state index >= 15 is 0 Å². The van der Waals surface area contributed by atoms with Crippen molar-refractivity contribution in [1.82, 2.24) is 0 Å². The average molecular weight is 274 g/mol. The molecule has 0 aliphatic rings. The Morgan fingerprint density at radius 2 is 1.32 bits per heavy atom. The van der Waals surface area contributed by atoms with Crippen LogP contribution < -0.4 is 4.43 Å². The molecule has 100 valence electrons. The van der Waals surface area contributed by atoms with Crippen molar-refractivity contribution in [2.24, 2.45) is 0 Å². The molecule has 2 aromatic rings. The van der Waals surface area contributed by atoms with Crippen LogP contribution in [0.3, 0.4) is 0 Å². The maximum atomic E-state index is 6.00. The molecule has 0 aliphatic carbocycles. The molecular weight excluding hydrogens is 256 g/mol. The Morgan fingerprint density at radius 3 is 1.84 bits per heavy atom. The van der Waals surface area contributed by atoms with Crippen LogP contribution in [0.5, 0.6) is 5.75 Å². The molecule has 3 nitrogen and oxygen atoms in total. The van der Waals surface area contributed by atoms with Crippen molar-refractivity contribution >= 4 is 8.80 Å². The van der Waals surface area contributed by atoms with Crippen LogP contribution in [-0.2, 0) is 14.9 Å². The largest absolute Gasteiger partial charge is 0.570 e. The molecule has 0 N–H and O–H groups in total. The van der Waals surface area contributed by atoms with Gasteiger partial charge in [0.2, 0.25) is 0 Å². The van der Waals surface area contributed by atoms with Gasteiger partial charge < -0.3 is 13.3 Å². The third-order valence-corrected chi connectivity index (χ3v) is 5.53. The molecule has 4 heteroatoms. The zero-order valence-electron chi connectivity index (χ0n) is 11.2. The molecule has 0 aromatic heterocycles. The van der Waals surface area contributed by atoms with E-state index in [0.29, 0.717) is 6.04 Å². The number of benzene rings is 2. The van der Waals surface area contributed by atoms with Crippen molar-refractivity contribution in [1.29, 1.82) is 0 Å². The van der Waals surface area contributed by atoms with Gasteiger partial charge >= 0.3 is 8.80 Å². The first-order valence-corrected chi connectivity index (χ1v) is 8.09. The Labute approximate surface area is 115 Å². The van der Waals surface area contributed by atoms with Gasteiger partial charge in [0.15, 0.2) is 0 Å². The summed E-state index contributed by atoms with van der Waals surface area (Å²) in [5, 5.41) is 0. The first kappa shape index (κ1) is 13.8. The van der Waals surface area contributed by atoms with Crippen LogP contribution in [0.4, 0.5) is 0 Å². The van der Waals surface area contributed by atoms with Crippen LogP contribution in [0.1, 0.15) is 5.56 Å². The van der Waals surface area contributed by atoms with Gasteiger partial charge in [0.05, 0.1) is 6.04 Å². The van der Waals surface area contributed by atoms with Crippen molar-refractivity contribution in [3.63, 3.8) is 0 Å². The summed E-state index contributed by atoms with van der Waals surface area (Å²) < 4.78 is 17.2. The first-order valence-electron chi connectivity index (χ1n) is 6.16. The lowest BCUT2D eigenvalue weighted by Gasteiger charge is -2.27. The number of hydrogen-bond acceptors (Lipinski definition) is 3. The third kappa shape index (κ3) is 3.67. The Bertz CT molecular complexity index is 440. The number of rotatable bonds is 6. The van der Waals surface area contributed by atoms with Crippen molar-refractivity contribution < 1.29 is 13.3 Å². The van der Waals surface area contributed by atoms with Crippen LogP contribution in [0.2, 0.25) is 0 Å². The van der Waals surface area contributed by atoms with Crippen molar-refractivity contribution in [3.8, 4) is 5.75 Å². The highest BCUT2D eigenvalue weighted by molar-refractivity contribution is 6.60. The lowest BCUT2D eigenvalue weighted by molar-refractivity contribution is 0.160. The number of hydrogen-bond donors (Lipinski definition) is 0. The van der Waals surface area contributed by atoms with E-state index in [-0.39, 0.29) is 0 Å². The van der Waals surface area contributed by atoms with E-state index in [1.54, 1.807) is 14.2 Å². The van der Waals surface area contributed by atoms with E-state index in [9.17, 15) is 0 Å². The second-order valence-corrected chi connectivity index (χ2v) is 6.91. The average Bonchev–Trinajstić information content (AvgIpc) is 2.48. The van der Waals surface area contributed by atoms with Crippen molar-refractivity contribution in [2.75, 3.05) is 14.2 Å². The minimum absolute atomic E-state index is 0.649. The molecule has 2 aromatic carbocycles. The molecule has 0 radical (unpaired) electrons. The fourth-order valence-electron chi connectivity index (χ4n) is 1.86. The predicted molar refractivity (Wildman–Crippen MR) is 77.0 cm³/mol. The molecule has 0 spiro atoms. The van der Waals surface area contributed by atoms with Gasteiger partial charge in [0, 0.05) is 14.2 Å². The van der Waals surface area contributed by atoms with Crippen molar-refractivity contribution in [3.05, 3.63) is 66.2 Å². The quantitative estimate of drug-likeness (QED) is 0.758. The van der Waals surface area contributed by atoms with E-state index in [1.165, 1.54) is 0 Å². The second-order valence-electron chi connectivity index (χ2n) is 4.17. The van der Waals surface area contributed by atoms with Crippen LogP contribution in [0.25, 0.3) is 0 Å². The van der Waals surface area contributed by atoms with Gasteiger partial charge in [-0.05, 0) is 17.7 Å². The smallest absolute Gasteiger partial charge is 0.501 e. The summed E-state index contributed by atoms with van der Waals surface area (Å²) in [6.45, 7) is 0. The molecule has 19 heavy (non-hydrogen) atoms.